The molecule has 4 rings (SSSR count). The van der Waals surface area contributed by atoms with E-state index in [2.05, 4.69) is 21.5 Å². The number of carbonyl (C=O) groups excluding carboxylic acids is 1. The fourth-order valence-electron chi connectivity index (χ4n) is 3.73. The second-order valence-corrected chi connectivity index (χ2v) is 8.63. The number of anilines is 1. The molecule has 3 aromatic rings. The van der Waals surface area contributed by atoms with Crippen LogP contribution in [0.4, 0.5) is 5.69 Å². The monoisotopic (exact) mass is 492 g/mol. The van der Waals surface area contributed by atoms with Gasteiger partial charge in [-0.15, -0.1) is 0 Å². The van der Waals surface area contributed by atoms with E-state index in [9.17, 15) is 10.1 Å². The molecule has 172 valence electrons. The van der Waals surface area contributed by atoms with Crippen molar-refractivity contribution in [3.8, 4) is 11.8 Å². The van der Waals surface area contributed by atoms with Crippen LogP contribution < -0.4 is 15.1 Å². The summed E-state index contributed by atoms with van der Waals surface area (Å²) in [4.78, 5) is 14.7. The minimum atomic E-state index is -0.308. The number of nitrogens with one attached hydrogen (secondary N) is 1. The summed E-state index contributed by atoms with van der Waals surface area (Å²) in [6, 6.07) is 20.1. The topological polar surface area (TPSA) is 77.7 Å². The van der Waals surface area contributed by atoms with E-state index in [1.807, 2.05) is 24.3 Å². The van der Waals surface area contributed by atoms with Crippen LogP contribution in [0.25, 0.3) is 0 Å². The first-order chi connectivity index (χ1) is 16.5. The molecule has 8 heteroatoms. The smallest absolute Gasteiger partial charge is 0.271 e. The summed E-state index contributed by atoms with van der Waals surface area (Å²) in [5.41, 5.74) is 6.03. The molecule has 0 aromatic heterocycles. The van der Waals surface area contributed by atoms with Crippen molar-refractivity contribution in [2.75, 3.05) is 18.0 Å². The van der Waals surface area contributed by atoms with Gasteiger partial charge in [-0.2, -0.15) is 10.4 Å². The van der Waals surface area contributed by atoms with Crippen molar-refractivity contribution in [3.05, 3.63) is 93.0 Å². The number of hydrogen-bond acceptors (Lipinski definition) is 5. The first-order valence-electron chi connectivity index (χ1n) is 10.8. The van der Waals surface area contributed by atoms with Crippen LogP contribution in [0.1, 0.15) is 39.9 Å². The number of hydrazone groups is 1. The summed E-state index contributed by atoms with van der Waals surface area (Å²) in [6.07, 6.45) is 3.86. The number of carbonyl (C=O) groups is 1. The quantitative estimate of drug-likeness (QED) is 0.333. The summed E-state index contributed by atoms with van der Waals surface area (Å²) in [5, 5.41) is 13.8. The molecular weight excluding hydrogens is 471 g/mol. The second-order valence-electron chi connectivity index (χ2n) is 7.81. The highest BCUT2D eigenvalue weighted by Crippen LogP contribution is 2.34. The van der Waals surface area contributed by atoms with Crippen molar-refractivity contribution >= 4 is 41.0 Å². The third kappa shape index (κ3) is 5.69. The summed E-state index contributed by atoms with van der Waals surface area (Å²) >= 11 is 12.7. The Hall–Kier alpha value is -3.53. The maximum Gasteiger partial charge on any atom is 0.271 e. The predicted octanol–water partition coefficient (Wildman–Crippen LogP) is 5.81. The van der Waals surface area contributed by atoms with Crippen LogP contribution in [0.15, 0.2) is 65.8 Å². The van der Waals surface area contributed by atoms with Crippen molar-refractivity contribution in [1.82, 2.24) is 5.43 Å². The van der Waals surface area contributed by atoms with E-state index in [4.69, 9.17) is 27.9 Å². The Morgan fingerprint density at radius 1 is 1.09 bits per heavy atom. The molecule has 34 heavy (non-hydrogen) atoms. The number of hydrogen-bond donors (Lipinski definition) is 1. The fourth-order valence-corrected chi connectivity index (χ4v) is 4.34. The van der Waals surface area contributed by atoms with Crippen LogP contribution in [0, 0.1) is 11.3 Å². The summed E-state index contributed by atoms with van der Waals surface area (Å²) in [6.45, 7) is 2.26. The Balaban J connectivity index is 1.36. The third-order valence-corrected chi connectivity index (χ3v) is 6.07. The van der Waals surface area contributed by atoms with Crippen molar-refractivity contribution in [2.45, 2.75) is 19.4 Å². The molecule has 1 saturated heterocycles. The molecular formula is C26H22Cl2N4O2. The minimum absolute atomic E-state index is 0.156. The molecule has 0 atom stereocenters. The van der Waals surface area contributed by atoms with Crippen LogP contribution in [-0.2, 0) is 6.61 Å². The molecule has 1 fully saturated rings. The van der Waals surface area contributed by atoms with E-state index in [0.29, 0.717) is 32.5 Å². The number of amides is 1. The Morgan fingerprint density at radius 2 is 1.76 bits per heavy atom. The zero-order valence-corrected chi connectivity index (χ0v) is 19.8. The van der Waals surface area contributed by atoms with Gasteiger partial charge >= 0.3 is 0 Å². The van der Waals surface area contributed by atoms with Gasteiger partial charge in [0, 0.05) is 29.9 Å². The number of nitrogens with zero attached hydrogens (tertiary/aromatic N) is 3. The molecule has 0 aliphatic carbocycles. The fraction of sp³-hybridized carbons (Fsp3) is 0.192. The van der Waals surface area contributed by atoms with Crippen LogP contribution in [0.3, 0.4) is 0 Å². The Bertz CT molecular complexity index is 1220. The molecule has 0 unspecified atom stereocenters. The number of benzene rings is 3. The molecule has 6 nitrogen and oxygen atoms in total. The molecule has 1 amide bonds. The van der Waals surface area contributed by atoms with Gasteiger partial charge in [0.1, 0.15) is 6.61 Å². The summed E-state index contributed by atoms with van der Waals surface area (Å²) in [5.74, 6) is 0.00730. The molecule has 0 saturated carbocycles. The van der Waals surface area contributed by atoms with Gasteiger partial charge in [-0.05, 0) is 60.9 Å². The summed E-state index contributed by atoms with van der Waals surface area (Å²) in [7, 11) is 0. The van der Waals surface area contributed by atoms with Gasteiger partial charge in [0.2, 0.25) is 0 Å². The lowest BCUT2D eigenvalue weighted by Crippen LogP contribution is -2.19. The molecule has 3 aromatic carbocycles. The molecule has 1 heterocycles. The highest BCUT2D eigenvalue weighted by atomic mass is 35.5. The van der Waals surface area contributed by atoms with Crippen molar-refractivity contribution in [2.24, 2.45) is 5.10 Å². The Labute approximate surface area is 208 Å². The van der Waals surface area contributed by atoms with Gasteiger partial charge in [0.25, 0.3) is 5.91 Å². The van der Waals surface area contributed by atoms with Gasteiger partial charge in [-0.3, -0.25) is 4.79 Å². The maximum absolute atomic E-state index is 12.4. The Kier molecular flexibility index (Phi) is 7.69. The highest BCUT2D eigenvalue weighted by Gasteiger charge is 2.13. The van der Waals surface area contributed by atoms with Gasteiger partial charge in [-0.25, -0.2) is 5.43 Å². The molecule has 1 aliphatic heterocycles. The van der Waals surface area contributed by atoms with E-state index < -0.39 is 0 Å². The maximum atomic E-state index is 12.4. The lowest BCUT2D eigenvalue weighted by Gasteiger charge is -2.17. The number of ether oxygens (including phenoxy) is 1. The van der Waals surface area contributed by atoms with Crippen LogP contribution in [-0.4, -0.2) is 25.2 Å². The van der Waals surface area contributed by atoms with Crippen LogP contribution >= 0.6 is 23.2 Å². The van der Waals surface area contributed by atoms with Gasteiger partial charge < -0.3 is 9.64 Å². The minimum Gasteiger partial charge on any atom is -0.486 e. The molecule has 0 radical (unpaired) electrons. The number of halogens is 2. The summed E-state index contributed by atoms with van der Waals surface area (Å²) < 4.78 is 5.77. The van der Waals surface area contributed by atoms with E-state index >= 15 is 0 Å². The van der Waals surface area contributed by atoms with Gasteiger partial charge in [0.15, 0.2) is 5.75 Å². The lowest BCUT2D eigenvalue weighted by molar-refractivity contribution is 0.0955. The van der Waals surface area contributed by atoms with Gasteiger partial charge in [-0.1, -0.05) is 41.4 Å². The zero-order valence-electron chi connectivity index (χ0n) is 18.3. The third-order valence-electron chi connectivity index (χ3n) is 5.51. The van der Waals surface area contributed by atoms with E-state index in [-0.39, 0.29) is 12.5 Å². The average molecular weight is 493 g/mol. The van der Waals surface area contributed by atoms with Crippen LogP contribution in [0.2, 0.25) is 10.0 Å². The van der Waals surface area contributed by atoms with E-state index in [0.717, 1.165) is 24.3 Å². The normalized spacial score (nSPS) is 13.1. The molecule has 0 bridgehead atoms. The zero-order chi connectivity index (χ0) is 23.9. The van der Waals surface area contributed by atoms with Crippen molar-refractivity contribution in [1.29, 1.82) is 5.26 Å². The molecule has 1 N–H and O–H groups in total. The van der Waals surface area contributed by atoms with Crippen LogP contribution in [0.5, 0.6) is 5.75 Å². The SMILES string of the molecule is N#Cc1ccccc1COc1c(Cl)cc(/C=N\NC(=O)c2ccc(N3CCCC3)cc2)cc1Cl. The van der Waals surface area contributed by atoms with E-state index in [1.165, 1.54) is 19.1 Å². The highest BCUT2D eigenvalue weighted by molar-refractivity contribution is 6.37. The number of rotatable bonds is 7. The predicted molar refractivity (Wildman–Crippen MR) is 135 cm³/mol. The second kappa shape index (κ2) is 11.1. The van der Waals surface area contributed by atoms with E-state index in [1.54, 1.807) is 36.4 Å². The molecule has 0 spiro atoms. The largest absolute Gasteiger partial charge is 0.486 e. The van der Waals surface area contributed by atoms with Crippen molar-refractivity contribution < 1.29 is 9.53 Å². The Morgan fingerprint density at radius 3 is 2.44 bits per heavy atom. The molecule has 1 aliphatic rings. The van der Waals surface area contributed by atoms with Crippen molar-refractivity contribution in [3.63, 3.8) is 0 Å². The number of nitriles is 1. The standard InChI is InChI=1S/C26H22Cl2N4O2/c27-23-13-18(14-24(28)25(23)34-17-21-6-2-1-5-20(21)15-29)16-30-31-26(33)19-7-9-22(10-8-19)32-11-3-4-12-32/h1-2,5-10,13-14,16H,3-4,11-12,17H2,(H,31,33)/b30-16-. The average Bonchev–Trinajstić information content (AvgIpc) is 3.39. The first-order valence-corrected chi connectivity index (χ1v) is 11.6. The van der Waals surface area contributed by atoms with Gasteiger partial charge in [0.05, 0.1) is 27.9 Å². The lowest BCUT2D eigenvalue weighted by atomic mass is 10.1. The first kappa shape index (κ1) is 23.6.